The van der Waals surface area contributed by atoms with Crippen LogP contribution >= 0.6 is 11.8 Å². The Balaban J connectivity index is 1.57. The molecule has 0 atom stereocenters. The Bertz CT molecular complexity index is 1580. The number of alkyl halides is 3. The molecule has 0 N–H and O–H groups in total. The lowest BCUT2D eigenvalue weighted by Crippen LogP contribution is -2.27. The molecule has 0 aliphatic carbocycles. The number of hydrogen-bond donors (Lipinski definition) is 0. The van der Waals surface area contributed by atoms with E-state index in [0.717, 1.165) is 11.0 Å². The Morgan fingerprint density at radius 1 is 0.927 bits per heavy atom. The first-order valence-electron chi connectivity index (χ1n) is 11.7. The zero-order valence-electron chi connectivity index (χ0n) is 20.9. The number of carbonyl (C=O) groups excluding carboxylic acids is 2. The number of rotatable bonds is 9. The van der Waals surface area contributed by atoms with Crippen LogP contribution in [0.15, 0.2) is 65.6 Å². The summed E-state index contributed by atoms with van der Waals surface area (Å²) in [5.41, 5.74) is -1.32. The monoisotopic (exact) mass is 589 g/mol. The Kier molecular flexibility index (Phi) is 8.28. The maximum Gasteiger partial charge on any atom is 0.416 e. The average Bonchev–Trinajstić information content (AvgIpc) is 3.17. The van der Waals surface area contributed by atoms with Crippen molar-refractivity contribution in [2.75, 3.05) is 6.61 Å². The van der Waals surface area contributed by atoms with Crippen LogP contribution in [0.3, 0.4) is 0 Å². The highest BCUT2D eigenvalue weighted by Gasteiger charge is 2.35. The van der Waals surface area contributed by atoms with Crippen molar-refractivity contribution in [3.63, 3.8) is 0 Å². The highest BCUT2D eigenvalue weighted by Crippen LogP contribution is 2.41. The molecule has 0 aromatic heterocycles. The van der Waals surface area contributed by atoms with E-state index >= 15 is 0 Å². The van der Waals surface area contributed by atoms with Crippen molar-refractivity contribution < 1.29 is 42.1 Å². The molecule has 0 saturated carbocycles. The maximum absolute atomic E-state index is 13.0. The Hall–Kier alpha value is -4.92. The van der Waals surface area contributed by atoms with Crippen LogP contribution in [0.4, 0.5) is 29.3 Å². The van der Waals surface area contributed by atoms with Gasteiger partial charge in [-0.1, -0.05) is 18.2 Å². The van der Waals surface area contributed by atoms with E-state index in [1.165, 1.54) is 48.5 Å². The smallest absolute Gasteiger partial charge is 0.416 e. The number of imide groups is 1. The lowest BCUT2D eigenvalue weighted by Gasteiger charge is -2.14. The van der Waals surface area contributed by atoms with Crippen LogP contribution in [0, 0.1) is 20.2 Å². The molecule has 0 radical (unpaired) electrons. The van der Waals surface area contributed by atoms with Crippen molar-refractivity contribution in [3.8, 4) is 17.2 Å². The van der Waals surface area contributed by atoms with E-state index in [1.807, 2.05) is 0 Å². The van der Waals surface area contributed by atoms with Gasteiger partial charge in [0.2, 0.25) is 5.75 Å². The first kappa shape index (κ1) is 29.1. The second-order valence-electron chi connectivity index (χ2n) is 8.37. The van der Waals surface area contributed by atoms with Gasteiger partial charge in [-0.15, -0.1) is 0 Å². The quantitative estimate of drug-likeness (QED) is 0.147. The van der Waals surface area contributed by atoms with Gasteiger partial charge >= 0.3 is 11.9 Å². The first-order chi connectivity index (χ1) is 19.4. The third-order valence-electron chi connectivity index (χ3n) is 5.63. The summed E-state index contributed by atoms with van der Waals surface area (Å²) in [5, 5.41) is 21.7. The fraction of sp³-hybridized carbons (Fsp3) is 0.154. The summed E-state index contributed by atoms with van der Waals surface area (Å²) in [5.74, 6) is -0.972. The van der Waals surface area contributed by atoms with Gasteiger partial charge in [0.05, 0.1) is 33.5 Å². The van der Waals surface area contributed by atoms with Crippen molar-refractivity contribution in [2.45, 2.75) is 19.6 Å². The van der Waals surface area contributed by atoms with Gasteiger partial charge in [-0.3, -0.25) is 34.7 Å². The van der Waals surface area contributed by atoms with Crippen molar-refractivity contribution >= 4 is 40.4 Å². The average molecular weight is 590 g/mol. The minimum absolute atomic E-state index is 0.0295. The molecule has 3 aromatic carbocycles. The van der Waals surface area contributed by atoms with Gasteiger partial charge in [-0.2, -0.15) is 13.2 Å². The number of ether oxygens (including phenoxy) is 2. The van der Waals surface area contributed by atoms with Crippen LogP contribution in [0.5, 0.6) is 17.2 Å². The van der Waals surface area contributed by atoms with Crippen LogP contribution in [0.25, 0.3) is 6.08 Å². The van der Waals surface area contributed by atoms with Gasteiger partial charge in [-0.25, -0.2) is 0 Å². The largest absolute Gasteiger partial charge is 0.490 e. The van der Waals surface area contributed by atoms with Crippen LogP contribution in [0.2, 0.25) is 0 Å². The molecule has 1 aliphatic rings. The predicted molar refractivity (Wildman–Crippen MR) is 140 cm³/mol. The van der Waals surface area contributed by atoms with Crippen molar-refractivity contribution in [3.05, 3.63) is 102 Å². The maximum atomic E-state index is 13.0. The second-order valence-corrected chi connectivity index (χ2v) is 9.36. The minimum Gasteiger partial charge on any atom is -0.490 e. The van der Waals surface area contributed by atoms with E-state index in [9.17, 15) is 43.0 Å². The number of thioether (sulfide) groups is 1. The molecule has 0 unspecified atom stereocenters. The molecule has 4 rings (SSSR count). The number of hydrogen-bond acceptors (Lipinski definition) is 9. The Morgan fingerprint density at radius 3 is 2.22 bits per heavy atom. The number of benzene rings is 3. The summed E-state index contributed by atoms with van der Waals surface area (Å²) in [7, 11) is 0. The van der Waals surface area contributed by atoms with Crippen LogP contribution in [-0.2, 0) is 17.5 Å². The summed E-state index contributed by atoms with van der Waals surface area (Å²) >= 11 is 0.690. The van der Waals surface area contributed by atoms with Crippen LogP contribution in [0.1, 0.15) is 23.6 Å². The van der Waals surface area contributed by atoms with E-state index in [-0.39, 0.29) is 35.2 Å². The molecule has 3 aromatic rings. The van der Waals surface area contributed by atoms with Crippen LogP contribution in [-0.4, -0.2) is 32.5 Å². The summed E-state index contributed by atoms with van der Waals surface area (Å²) in [6, 6.07) is 11.6. The molecule has 0 bridgehead atoms. The fourth-order valence-corrected chi connectivity index (χ4v) is 4.54. The number of amides is 2. The highest BCUT2D eigenvalue weighted by atomic mass is 32.2. The number of non-ortho nitro benzene ring substituents is 1. The number of halogens is 3. The van der Waals surface area contributed by atoms with Crippen LogP contribution < -0.4 is 9.47 Å². The Labute approximate surface area is 233 Å². The second kappa shape index (κ2) is 11.7. The fourth-order valence-electron chi connectivity index (χ4n) is 3.70. The zero-order valence-corrected chi connectivity index (χ0v) is 21.7. The zero-order chi connectivity index (χ0) is 29.9. The predicted octanol–water partition coefficient (Wildman–Crippen LogP) is 6.95. The lowest BCUT2D eigenvalue weighted by molar-refractivity contribution is -0.385. The molecule has 1 fully saturated rings. The molecule has 1 heterocycles. The van der Waals surface area contributed by atoms with Gasteiger partial charge in [-0.05, 0) is 60.2 Å². The normalized spacial score (nSPS) is 14.4. The standard InChI is InChI=1S/C26H18F3N3O8S/c1-2-39-22-11-16(5-9-21(22)40-20-10-6-17(26(27,28)29)13-19(20)32(37)38)12-23-24(33)30(25(34)41-23)14-15-3-7-18(8-4-15)31(35)36/h3-13H,2,14H2,1H3/b23-12-. The van der Waals surface area contributed by atoms with Crippen molar-refractivity contribution in [1.29, 1.82) is 0 Å². The molecule has 41 heavy (non-hydrogen) atoms. The summed E-state index contributed by atoms with van der Waals surface area (Å²) in [6.45, 7) is 1.70. The van der Waals surface area contributed by atoms with Crippen molar-refractivity contribution in [1.82, 2.24) is 4.90 Å². The topological polar surface area (TPSA) is 142 Å². The van der Waals surface area contributed by atoms with Gasteiger partial charge in [0.1, 0.15) is 0 Å². The van der Waals surface area contributed by atoms with E-state index in [0.29, 0.717) is 35.0 Å². The first-order valence-corrected chi connectivity index (χ1v) is 12.5. The summed E-state index contributed by atoms with van der Waals surface area (Å²) in [6.07, 6.45) is -3.36. The van der Waals surface area contributed by atoms with E-state index in [4.69, 9.17) is 9.47 Å². The third-order valence-corrected chi connectivity index (χ3v) is 6.54. The number of carbonyl (C=O) groups is 2. The van der Waals surface area contributed by atoms with Gasteiger partial charge in [0.25, 0.3) is 16.8 Å². The Morgan fingerprint density at radius 2 is 1.61 bits per heavy atom. The van der Waals surface area contributed by atoms with Gasteiger partial charge < -0.3 is 9.47 Å². The SMILES string of the molecule is CCOc1cc(/C=C2\SC(=O)N(Cc3ccc([N+](=O)[O-])cc3)C2=O)ccc1Oc1ccc(C(F)(F)F)cc1[N+](=O)[O-]. The number of nitrogens with zero attached hydrogens (tertiary/aromatic N) is 3. The molecule has 15 heteroatoms. The number of nitro benzene ring substituents is 2. The molecule has 0 spiro atoms. The van der Waals surface area contributed by atoms with E-state index in [1.54, 1.807) is 6.92 Å². The third kappa shape index (κ3) is 6.63. The molecule has 11 nitrogen and oxygen atoms in total. The van der Waals surface area contributed by atoms with Gasteiger partial charge in [0.15, 0.2) is 11.5 Å². The summed E-state index contributed by atoms with van der Waals surface area (Å²) < 4.78 is 50.2. The van der Waals surface area contributed by atoms with Crippen molar-refractivity contribution in [2.24, 2.45) is 0 Å². The minimum atomic E-state index is -4.79. The van der Waals surface area contributed by atoms with Gasteiger partial charge in [0, 0.05) is 18.2 Å². The molecular weight excluding hydrogens is 571 g/mol. The summed E-state index contributed by atoms with van der Waals surface area (Å²) in [4.78, 5) is 47.2. The molecule has 2 amide bonds. The lowest BCUT2D eigenvalue weighted by atomic mass is 10.1. The number of nitro groups is 2. The molecule has 1 aliphatic heterocycles. The molecular formula is C26H18F3N3O8S. The van der Waals surface area contributed by atoms with E-state index in [2.05, 4.69) is 0 Å². The highest BCUT2D eigenvalue weighted by molar-refractivity contribution is 8.18. The molecule has 212 valence electrons. The molecule has 1 saturated heterocycles. The van der Waals surface area contributed by atoms with E-state index < -0.39 is 44.2 Å².